The van der Waals surface area contributed by atoms with Crippen LogP contribution in [0.2, 0.25) is 5.02 Å². The van der Waals surface area contributed by atoms with Crippen molar-refractivity contribution in [3.63, 3.8) is 0 Å². The average Bonchev–Trinajstić information content (AvgIpc) is 2.64. The average molecular weight is 272 g/mol. The summed E-state index contributed by atoms with van der Waals surface area (Å²) in [6.45, 7) is 2.51. The molecule has 17 heavy (non-hydrogen) atoms. The number of nitrogen functional groups attached to an aromatic ring is 1. The summed E-state index contributed by atoms with van der Waals surface area (Å²) in [5, 5.41) is 0.588. The van der Waals surface area contributed by atoms with Gasteiger partial charge in [-0.25, -0.2) is 4.98 Å². The van der Waals surface area contributed by atoms with Gasteiger partial charge in [0.05, 0.1) is 10.5 Å². The number of para-hydroxylation sites is 1. The second kappa shape index (κ2) is 5.06. The van der Waals surface area contributed by atoms with Crippen molar-refractivity contribution in [3.05, 3.63) is 23.2 Å². The number of aromatic nitrogens is 2. The first-order chi connectivity index (χ1) is 8.13. The maximum absolute atomic E-state index is 11.4. The molecule has 6 heteroatoms. The van der Waals surface area contributed by atoms with Gasteiger partial charge in [-0.1, -0.05) is 24.6 Å². The second-order valence-electron chi connectivity index (χ2n) is 3.66. The summed E-state index contributed by atoms with van der Waals surface area (Å²) < 4.78 is 13.3. The summed E-state index contributed by atoms with van der Waals surface area (Å²) in [6.07, 6.45) is 0. The Morgan fingerprint density at radius 1 is 1.53 bits per heavy atom. The van der Waals surface area contributed by atoms with Crippen molar-refractivity contribution >= 4 is 39.4 Å². The van der Waals surface area contributed by atoms with Gasteiger partial charge in [0.2, 0.25) is 5.95 Å². The first-order valence-corrected chi connectivity index (χ1v) is 7.25. The Labute approximate surface area is 107 Å². The quantitative estimate of drug-likeness (QED) is 0.926. The van der Waals surface area contributed by atoms with Crippen molar-refractivity contribution in [1.82, 2.24) is 9.55 Å². The van der Waals surface area contributed by atoms with Gasteiger partial charge in [-0.3, -0.25) is 4.21 Å². The van der Waals surface area contributed by atoms with E-state index in [1.165, 1.54) is 0 Å². The SMILES string of the molecule is CCS(=O)CCn1c(N)nc2c(Cl)cccc21. The predicted octanol–water partition coefficient (Wildman–Crippen LogP) is 2.04. The maximum atomic E-state index is 11.4. The van der Waals surface area contributed by atoms with Gasteiger partial charge in [0.1, 0.15) is 5.52 Å². The third kappa shape index (κ3) is 2.45. The van der Waals surface area contributed by atoms with Crippen molar-refractivity contribution in [2.45, 2.75) is 13.5 Å². The van der Waals surface area contributed by atoms with Crippen molar-refractivity contribution in [2.24, 2.45) is 0 Å². The van der Waals surface area contributed by atoms with Gasteiger partial charge in [-0.2, -0.15) is 0 Å². The van der Waals surface area contributed by atoms with E-state index >= 15 is 0 Å². The molecule has 1 aromatic carbocycles. The van der Waals surface area contributed by atoms with Crippen LogP contribution in [0.25, 0.3) is 11.0 Å². The van der Waals surface area contributed by atoms with E-state index in [2.05, 4.69) is 4.98 Å². The molecule has 0 bridgehead atoms. The lowest BCUT2D eigenvalue weighted by atomic mass is 10.3. The fraction of sp³-hybridized carbons (Fsp3) is 0.364. The van der Waals surface area contributed by atoms with Crippen molar-refractivity contribution in [1.29, 1.82) is 0 Å². The minimum Gasteiger partial charge on any atom is -0.369 e. The number of aryl methyl sites for hydroxylation is 1. The summed E-state index contributed by atoms with van der Waals surface area (Å²) in [7, 11) is -0.805. The summed E-state index contributed by atoms with van der Waals surface area (Å²) in [4.78, 5) is 4.23. The molecule has 0 saturated carbocycles. The van der Waals surface area contributed by atoms with Crippen LogP contribution >= 0.6 is 11.6 Å². The molecule has 1 atom stereocenters. The number of anilines is 1. The van der Waals surface area contributed by atoms with Crippen molar-refractivity contribution < 1.29 is 4.21 Å². The smallest absolute Gasteiger partial charge is 0.201 e. The Morgan fingerprint density at radius 2 is 2.29 bits per heavy atom. The normalized spacial score (nSPS) is 13.1. The van der Waals surface area contributed by atoms with E-state index in [1.807, 2.05) is 23.6 Å². The predicted molar refractivity (Wildman–Crippen MR) is 72.7 cm³/mol. The van der Waals surface area contributed by atoms with Crippen LogP contribution in [0.4, 0.5) is 5.95 Å². The summed E-state index contributed by atoms with van der Waals surface area (Å²) in [6, 6.07) is 5.56. The van der Waals surface area contributed by atoms with Crippen LogP contribution in [-0.4, -0.2) is 25.3 Å². The molecule has 0 aliphatic carbocycles. The van der Waals surface area contributed by atoms with Crippen molar-refractivity contribution in [2.75, 3.05) is 17.2 Å². The highest BCUT2D eigenvalue weighted by atomic mass is 35.5. The first-order valence-electron chi connectivity index (χ1n) is 5.38. The molecule has 2 N–H and O–H groups in total. The van der Waals surface area contributed by atoms with Gasteiger partial charge < -0.3 is 10.3 Å². The molecule has 1 heterocycles. The van der Waals surface area contributed by atoms with Gasteiger partial charge in [0, 0.05) is 28.9 Å². The zero-order valence-corrected chi connectivity index (χ0v) is 11.1. The van der Waals surface area contributed by atoms with Crippen LogP contribution in [0.1, 0.15) is 6.92 Å². The molecule has 1 unspecified atom stereocenters. The fourth-order valence-corrected chi connectivity index (χ4v) is 2.59. The first kappa shape index (κ1) is 12.4. The second-order valence-corrected chi connectivity index (χ2v) is 5.93. The Bertz CT molecular complexity index is 567. The lowest BCUT2D eigenvalue weighted by Crippen LogP contribution is -2.11. The van der Waals surface area contributed by atoms with Crippen LogP contribution in [-0.2, 0) is 17.3 Å². The molecule has 0 radical (unpaired) electrons. The van der Waals surface area contributed by atoms with Gasteiger partial charge in [0.25, 0.3) is 0 Å². The number of hydrogen-bond donors (Lipinski definition) is 1. The lowest BCUT2D eigenvalue weighted by Gasteiger charge is -2.05. The molecule has 0 fully saturated rings. The van der Waals surface area contributed by atoms with Crippen LogP contribution in [0, 0.1) is 0 Å². The highest BCUT2D eigenvalue weighted by molar-refractivity contribution is 7.84. The zero-order valence-electron chi connectivity index (χ0n) is 9.52. The minimum atomic E-state index is -0.805. The molecule has 4 nitrogen and oxygen atoms in total. The number of nitrogens with two attached hydrogens (primary N) is 1. The standard InChI is InChI=1S/C11H14ClN3OS/c1-2-17(16)7-6-15-9-5-3-4-8(12)10(9)14-11(15)13/h3-5H,2,6-7H2,1H3,(H2,13,14). The van der Waals surface area contributed by atoms with Gasteiger partial charge in [0.15, 0.2) is 0 Å². The largest absolute Gasteiger partial charge is 0.369 e. The molecule has 92 valence electrons. The molecule has 0 aliphatic heterocycles. The molecule has 2 aromatic rings. The molecule has 0 amide bonds. The number of benzene rings is 1. The van der Waals surface area contributed by atoms with E-state index in [1.54, 1.807) is 6.07 Å². The van der Waals surface area contributed by atoms with Crippen LogP contribution in [0.5, 0.6) is 0 Å². The molecule has 2 rings (SSSR count). The molecular formula is C11H14ClN3OS. The third-order valence-corrected chi connectivity index (χ3v) is 4.21. The summed E-state index contributed by atoms with van der Waals surface area (Å²) in [5.41, 5.74) is 7.44. The Balaban J connectivity index is 2.37. The van der Waals surface area contributed by atoms with Gasteiger partial charge in [-0.05, 0) is 12.1 Å². The molecule has 1 aromatic heterocycles. The molecular weight excluding hydrogens is 258 g/mol. The molecule has 0 saturated heterocycles. The Hall–Kier alpha value is -1.07. The lowest BCUT2D eigenvalue weighted by molar-refractivity contribution is 0.677. The van der Waals surface area contributed by atoms with Crippen molar-refractivity contribution in [3.8, 4) is 0 Å². The molecule has 0 spiro atoms. The highest BCUT2D eigenvalue weighted by Crippen LogP contribution is 2.24. The molecule has 0 aliphatic rings. The summed E-state index contributed by atoms with van der Waals surface area (Å²) in [5.74, 6) is 1.66. The van der Waals surface area contributed by atoms with Crippen LogP contribution in [0.15, 0.2) is 18.2 Å². The van der Waals surface area contributed by atoms with E-state index in [4.69, 9.17) is 17.3 Å². The van der Waals surface area contributed by atoms with E-state index < -0.39 is 10.8 Å². The highest BCUT2D eigenvalue weighted by Gasteiger charge is 2.10. The monoisotopic (exact) mass is 271 g/mol. The minimum absolute atomic E-state index is 0.418. The number of fused-ring (bicyclic) bond motifs is 1. The summed E-state index contributed by atoms with van der Waals surface area (Å²) >= 11 is 6.04. The number of nitrogens with zero attached hydrogens (tertiary/aromatic N) is 2. The zero-order chi connectivity index (χ0) is 12.4. The van der Waals surface area contributed by atoms with Crippen LogP contribution in [0.3, 0.4) is 0 Å². The van der Waals surface area contributed by atoms with Gasteiger partial charge in [-0.15, -0.1) is 0 Å². The third-order valence-electron chi connectivity index (χ3n) is 2.62. The number of halogens is 1. The van der Waals surface area contributed by atoms with Crippen LogP contribution < -0.4 is 5.73 Å². The topological polar surface area (TPSA) is 60.9 Å². The number of rotatable bonds is 4. The van der Waals surface area contributed by atoms with E-state index in [9.17, 15) is 4.21 Å². The number of hydrogen-bond acceptors (Lipinski definition) is 3. The Kier molecular flexibility index (Phi) is 3.69. The van der Waals surface area contributed by atoms with Gasteiger partial charge >= 0.3 is 0 Å². The maximum Gasteiger partial charge on any atom is 0.201 e. The number of imidazole rings is 1. The van der Waals surface area contributed by atoms with E-state index in [-0.39, 0.29) is 0 Å². The Morgan fingerprint density at radius 3 is 3.00 bits per heavy atom. The van der Waals surface area contributed by atoms with E-state index in [0.717, 1.165) is 5.52 Å². The fourth-order valence-electron chi connectivity index (χ4n) is 1.70. The van der Waals surface area contributed by atoms with E-state index in [0.29, 0.717) is 34.5 Å².